The molecule has 1 aromatic rings. The number of nitrogens with one attached hydrogen (secondary N) is 1. The van der Waals surface area contributed by atoms with E-state index in [1.807, 2.05) is 6.20 Å². The lowest BCUT2D eigenvalue weighted by molar-refractivity contribution is 0.201. The zero-order chi connectivity index (χ0) is 14.4. The summed E-state index contributed by atoms with van der Waals surface area (Å²) in [5.74, 6) is 1.49. The topological polar surface area (TPSA) is 34.2 Å². The second kappa shape index (κ2) is 7.99. The van der Waals surface area contributed by atoms with Crippen LogP contribution in [0.15, 0.2) is 16.7 Å². The van der Waals surface area contributed by atoms with Crippen LogP contribution >= 0.6 is 15.9 Å². The van der Waals surface area contributed by atoms with Crippen molar-refractivity contribution in [3.05, 3.63) is 22.3 Å². The Balaban J connectivity index is 1.94. The third-order valence-electron chi connectivity index (χ3n) is 3.77. The van der Waals surface area contributed by atoms with Gasteiger partial charge >= 0.3 is 0 Å². The summed E-state index contributed by atoms with van der Waals surface area (Å²) in [6, 6.07) is 2.55. The Kier molecular flexibility index (Phi) is 6.30. The van der Waals surface area contributed by atoms with Crippen LogP contribution in [-0.2, 0) is 6.54 Å². The van der Waals surface area contributed by atoms with Crippen molar-refractivity contribution in [2.75, 3.05) is 6.61 Å². The van der Waals surface area contributed by atoms with E-state index < -0.39 is 0 Å². The van der Waals surface area contributed by atoms with E-state index >= 15 is 0 Å². The van der Waals surface area contributed by atoms with Crippen LogP contribution in [0.5, 0.6) is 5.88 Å². The van der Waals surface area contributed by atoms with Crippen molar-refractivity contribution in [1.82, 2.24) is 10.3 Å². The van der Waals surface area contributed by atoms with Crippen molar-refractivity contribution in [3.8, 4) is 5.88 Å². The predicted octanol–water partition coefficient (Wildman–Crippen LogP) is 4.30. The maximum absolute atomic E-state index is 5.99. The molecule has 4 heteroatoms. The highest BCUT2D eigenvalue weighted by molar-refractivity contribution is 9.10. The number of aromatic nitrogens is 1. The molecule has 1 aromatic heterocycles. The molecule has 1 heterocycles. The summed E-state index contributed by atoms with van der Waals surface area (Å²) in [5.41, 5.74) is 1.13. The van der Waals surface area contributed by atoms with Crippen molar-refractivity contribution < 1.29 is 4.74 Å². The normalized spacial score (nSPS) is 16.6. The molecular formula is C16H25BrN2O. The lowest BCUT2D eigenvalue weighted by atomic mass is 9.90. The van der Waals surface area contributed by atoms with Gasteiger partial charge in [0.1, 0.15) is 0 Å². The summed E-state index contributed by atoms with van der Waals surface area (Å²) in [5, 5.41) is 3.43. The van der Waals surface area contributed by atoms with Crippen LogP contribution < -0.4 is 10.1 Å². The summed E-state index contributed by atoms with van der Waals surface area (Å²) < 4.78 is 6.99. The number of hydrogen-bond donors (Lipinski definition) is 1. The molecule has 1 fully saturated rings. The van der Waals surface area contributed by atoms with Crippen LogP contribution in [-0.4, -0.2) is 17.6 Å². The Morgan fingerprint density at radius 2 is 2.10 bits per heavy atom. The summed E-state index contributed by atoms with van der Waals surface area (Å²) >= 11 is 3.49. The number of ether oxygens (including phenoxy) is 1. The molecule has 20 heavy (non-hydrogen) atoms. The van der Waals surface area contributed by atoms with Gasteiger partial charge in [-0.05, 0) is 40.8 Å². The van der Waals surface area contributed by atoms with Gasteiger partial charge in [-0.1, -0.05) is 33.1 Å². The number of rotatable bonds is 6. The third kappa shape index (κ3) is 5.06. The van der Waals surface area contributed by atoms with Crippen molar-refractivity contribution in [2.24, 2.45) is 5.92 Å². The zero-order valence-electron chi connectivity index (χ0n) is 12.5. The summed E-state index contributed by atoms with van der Waals surface area (Å²) in [6.45, 7) is 5.90. The fourth-order valence-electron chi connectivity index (χ4n) is 2.59. The van der Waals surface area contributed by atoms with Crippen LogP contribution in [0, 0.1) is 5.92 Å². The van der Waals surface area contributed by atoms with Gasteiger partial charge in [-0.2, -0.15) is 0 Å². The van der Waals surface area contributed by atoms with Gasteiger partial charge in [0.25, 0.3) is 0 Å². The van der Waals surface area contributed by atoms with E-state index in [9.17, 15) is 0 Å². The summed E-state index contributed by atoms with van der Waals surface area (Å²) in [6.07, 6.45) is 8.50. The molecule has 2 rings (SSSR count). The largest absolute Gasteiger partial charge is 0.477 e. The Bertz CT molecular complexity index is 417. The Hall–Kier alpha value is -0.610. The average molecular weight is 341 g/mol. The van der Waals surface area contributed by atoms with Crippen LogP contribution in [0.4, 0.5) is 0 Å². The van der Waals surface area contributed by atoms with Gasteiger partial charge in [-0.15, -0.1) is 0 Å². The molecule has 1 aliphatic rings. The van der Waals surface area contributed by atoms with E-state index in [1.54, 1.807) is 0 Å². The lowest BCUT2D eigenvalue weighted by Crippen LogP contribution is -2.23. The molecule has 0 radical (unpaired) electrons. The minimum Gasteiger partial charge on any atom is -0.477 e. The molecule has 112 valence electrons. The molecule has 1 saturated carbocycles. The molecule has 0 bridgehead atoms. The number of pyridine rings is 1. The molecule has 0 amide bonds. The number of hydrogen-bond acceptors (Lipinski definition) is 3. The Morgan fingerprint density at radius 3 is 2.80 bits per heavy atom. The Labute approximate surface area is 130 Å². The molecule has 0 aliphatic heterocycles. The fraction of sp³-hybridized carbons (Fsp3) is 0.688. The highest BCUT2D eigenvalue weighted by atomic mass is 79.9. The molecule has 0 spiro atoms. The monoisotopic (exact) mass is 340 g/mol. The maximum Gasteiger partial charge on any atom is 0.217 e. The highest BCUT2D eigenvalue weighted by Crippen LogP contribution is 2.26. The van der Waals surface area contributed by atoms with Crippen molar-refractivity contribution in [2.45, 2.75) is 58.5 Å². The van der Waals surface area contributed by atoms with Gasteiger partial charge in [-0.25, -0.2) is 4.98 Å². The van der Waals surface area contributed by atoms with Gasteiger partial charge in [-0.3, -0.25) is 0 Å². The molecule has 0 saturated heterocycles. The van der Waals surface area contributed by atoms with E-state index in [4.69, 9.17) is 4.74 Å². The molecule has 1 N–H and O–H groups in total. The Morgan fingerprint density at radius 1 is 1.35 bits per heavy atom. The molecule has 0 aromatic carbocycles. The predicted molar refractivity (Wildman–Crippen MR) is 86.0 cm³/mol. The quantitative estimate of drug-likeness (QED) is 0.838. The van der Waals surface area contributed by atoms with Crippen LogP contribution in [0.3, 0.4) is 0 Å². The van der Waals surface area contributed by atoms with Crippen LogP contribution in [0.25, 0.3) is 0 Å². The standard InChI is InChI=1S/C16H25BrN2O/c1-12(2)18-9-14-8-15(17)10-19-16(14)20-11-13-6-4-3-5-7-13/h8,10,12-13,18H,3-7,9,11H2,1-2H3. The molecule has 1 aliphatic carbocycles. The third-order valence-corrected chi connectivity index (χ3v) is 4.21. The van der Waals surface area contributed by atoms with Gasteiger partial charge in [0.15, 0.2) is 0 Å². The number of halogens is 1. The second-order valence-electron chi connectivity index (χ2n) is 5.97. The van der Waals surface area contributed by atoms with Crippen LogP contribution in [0.1, 0.15) is 51.5 Å². The van der Waals surface area contributed by atoms with E-state index in [0.717, 1.165) is 29.1 Å². The smallest absolute Gasteiger partial charge is 0.217 e. The first-order chi connectivity index (χ1) is 9.65. The SMILES string of the molecule is CC(C)NCc1cc(Br)cnc1OCC1CCCCC1. The minimum atomic E-state index is 0.458. The molecular weight excluding hydrogens is 316 g/mol. The first kappa shape index (κ1) is 15.8. The van der Waals surface area contributed by atoms with Gasteiger partial charge in [0.2, 0.25) is 5.88 Å². The highest BCUT2D eigenvalue weighted by Gasteiger charge is 2.15. The van der Waals surface area contributed by atoms with Gasteiger partial charge in [0.05, 0.1) is 6.61 Å². The number of nitrogens with zero attached hydrogens (tertiary/aromatic N) is 1. The van der Waals surface area contributed by atoms with Gasteiger partial charge in [0, 0.05) is 28.8 Å². The fourth-order valence-corrected chi connectivity index (χ4v) is 2.97. The average Bonchev–Trinajstić information content (AvgIpc) is 2.45. The van der Waals surface area contributed by atoms with E-state index in [0.29, 0.717) is 12.0 Å². The lowest BCUT2D eigenvalue weighted by Gasteiger charge is -2.22. The van der Waals surface area contributed by atoms with E-state index in [1.165, 1.54) is 32.1 Å². The second-order valence-corrected chi connectivity index (χ2v) is 6.88. The summed E-state index contributed by atoms with van der Waals surface area (Å²) in [7, 11) is 0. The zero-order valence-corrected chi connectivity index (χ0v) is 14.1. The van der Waals surface area contributed by atoms with Gasteiger partial charge < -0.3 is 10.1 Å². The van der Waals surface area contributed by atoms with Crippen LogP contribution in [0.2, 0.25) is 0 Å². The van der Waals surface area contributed by atoms with Crippen molar-refractivity contribution >= 4 is 15.9 Å². The molecule has 0 unspecified atom stereocenters. The first-order valence-corrected chi connectivity index (χ1v) is 8.45. The van der Waals surface area contributed by atoms with E-state index in [-0.39, 0.29) is 0 Å². The molecule has 0 atom stereocenters. The minimum absolute atomic E-state index is 0.458. The van der Waals surface area contributed by atoms with E-state index in [2.05, 4.69) is 46.1 Å². The maximum atomic E-state index is 5.99. The van der Waals surface area contributed by atoms with Crippen molar-refractivity contribution in [1.29, 1.82) is 0 Å². The molecule has 3 nitrogen and oxygen atoms in total. The first-order valence-electron chi connectivity index (χ1n) is 7.65. The van der Waals surface area contributed by atoms with Crippen molar-refractivity contribution in [3.63, 3.8) is 0 Å². The summed E-state index contributed by atoms with van der Waals surface area (Å²) in [4.78, 5) is 4.43.